The van der Waals surface area contributed by atoms with Crippen LogP contribution in [0.1, 0.15) is 29.2 Å². The lowest BCUT2D eigenvalue weighted by Gasteiger charge is -2.22. The third kappa shape index (κ3) is 2.64. The minimum Gasteiger partial charge on any atom is -0.486 e. The van der Waals surface area contributed by atoms with E-state index < -0.39 is 0 Å². The van der Waals surface area contributed by atoms with E-state index in [9.17, 15) is 0 Å². The predicted molar refractivity (Wildman–Crippen MR) is 79.8 cm³/mol. The second kappa shape index (κ2) is 5.81. The van der Waals surface area contributed by atoms with Crippen LogP contribution < -0.4 is 14.8 Å². The maximum atomic E-state index is 5.66. The maximum absolute atomic E-state index is 5.66. The molecule has 0 amide bonds. The van der Waals surface area contributed by atoms with E-state index in [0.29, 0.717) is 13.2 Å². The van der Waals surface area contributed by atoms with E-state index in [1.165, 1.54) is 0 Å². The van der Waals surface area contributed by atoms with E-state index in [0.717, 1.165) is 34.3 Å². The quantitative estimate of drug-likeness (QED) is 0.940. The van der Waals surface area contributed by atoms with Gasteiger partial charge in [0.05, 0.1) is 16.7 Å². The molecule has 1 unspecified atom stereocenters. The zero-order valence-electron chi connectivity index (χ0n) is 11.7. The van der Waals surface area contributed by atoms with Gasteiger partial charge in [-0.05, 0) is 31.2 Å². The van der Waals surface area contributed by atoms with Crippen molar-refractivity contribution in [1.82, 2.24) is 10.3 Å². The van der Waals surface area contributed by atoms with E-state index in [2.05, 4.69) is 34.7 Å². The average Bonchev–Trinajstić information content (AvgIpc) is 2.90. The Labute approximate surface area is 122 Å². The van der Waals surface area contributed by atoms with Crippen LogP contribution in [0.15, 0.2) is 23.6 Å². The highest BCUT2D eigenvalue weighted by Crippen LogP contribution is 2.34. The molecule has 20 heavy (non-hydrogen) atoms. The number of thiazole rings is 1. The number of rotatable bonds is 4. The van der Waals surface area contributed by atoms with Crippen molar-refractivity contribution in [1.29, 1.82) is 0 Å². The van der Waals surface area contributed by atoms with E-state index in [1.807, 2.05) is 13.0 Å². The van der Waals surface area contributed by atoms with Crippen LogP contribution in [0.25, 0.3) is 0 Å². The number of hydrogen-bond donors (Lipinski definition) is 1. The molecular formula is C15H18N2O2S. The van der Waals surface area contributed by atoms with Gasteiger partial charge in [-0.25, -0.2) is 4.98 Å². The van der Waals surface area contributed by atoms with E-state index in [-0.39, 0.29) is 6.04 Å². The zero-order valence-corrected chi connectivity index (χ0v) is 12.5. The third-order valence-corrected chi connectivity index (χ3v) is 4.03. The number of hydrogen-bond acceptors (Lipinski definition) is 5. The SMILES string of the molecule is CCNC(c1ccc2c(c1)OCCO2)c1csc(C)n1. The highest BCUT2D eigenvalue weighted by atomic mass is 32.1. The summed E-state index contributed by atoms with van der Waals surface area (Å²) in [5.74, 6) is 1.65. The standard InChI is InChI=1S/C15H18N2O2S/c1-3-16-15(12-9-20-10(2)17-12)11-4-5-13-14(8-11)19-7-6-18-13/h4-5,8-9,15-16H,3,6-7H2,1-2H3. The molecule has 3 rings (SSSR count). The van der Waals surface area contributed by atoms with Gasteiger partial charge in [0.1, 0.15) is 13.2 Å². The van der Waals surface area contributed by atoms with Gasteiger partial charge in [-0.2, -0.15) is 0 Å². The van der Waals surface area contributed by atoms with Gasteiger partial charge >= 0.3 is 0 Å². The summed E-state index contributed by atoms with van der Waals surface area (Å²) >= 11 is 1.67. The molecule has 1 aliphatic heterocycles. The van der Waals surface area contributed by atoms with Crippen LogP contribution in [0.3, 0.4) is 0 Å². The van der Waals surface area contributed by atoms with Crippen molar-refractivity contribution in [2.75, 3.05) is 19.8 Å². The number of nitrogens with one attached hydrogen (secondary N) is 1. The van der Waals surface area contributed by atoms with Gasteiger partial charge in [0.15, 0.2) is 11.5 Å². The predicted octanol–water partition coefficient (Wildman–Crippen LogP) is 2.92. The summed E-state index contributed by atoms with van der Waals surface area (Å²) < 4.78 is 11.2. The molecule has 5 heteroatoms. The monoisotopic (exact) mass is 290 g/mol. The van der Waals surface area contributed by atoms with Crippen molar-refractivity contribution in [3.8, 4) is 11.5 Å². The number of nitrogens with zero attached hydrogens (tertiary/aromatic N) is 1. The minimum absolute atomic E-state index is 0.0979. The number of fused-ring (bicyclic) bond motifs is 1. The van der Waals surface area contributed by atoms with Gasteiger partial charge in [-0.15, -0.1) is 11.3 Å². The van der Waals surface area contributed by atoms with Crippen LogP contribution in [0.4, 0.5) is 0 Å². The van der Waals surface area contributed by atoms with Crippen molar-refractivity contribution in [3.05, 3.63) is 39.8 Å². The smallest absolute Gasteiger partial charge is 0.161 e. The number of ether oxygens (including phenoxy) is 2. The summed E-state index contributed by atoms with van der Waals surface area (Å²) in [5.41, 5.74) is 2.22. The fourth-order valence-electron chi connectivity index (χ4n) is 2.35. The molecule has 0 saturated carbocycles. The normalized spacial score (nSPS) is 15.1. The van der Waals surface area contributed by atoms with Crippen LogP contribution in [0, 0.1) is 6.92 Å². The van der Waals surface area contributed by atoms with Crippen LogP contribution in [0.5, 0.6) is 11.5 Å². The van der Waals surface area contributed by atoms with Crippen molar-refractivity contribution in [2.24, 2.45) is 0 Å². The van der Waals surface area contributed by atoms with E-state index in [1.54, 1.807) is 11.3 Å². The molecule has 2 heterocycles. The summed E-state index contributed by atoms with van der Waals surface area (Å²) in [7, 11) is 0. The number of aryl methyl sites for hydroxylation is 1. The lowest BCUT2D eigenvalue weighted by atomic mass is 10.0. The highest BCUT2D eigenvalue weighted by molar-refractivity contribution is 7.09. The summed E-state index contributed by atoms with van der Waals surface area (Å²) in [6, 6.07) is 6.21. The number of benzene rings is 1. The molecule has 106 valence electrons. The van der Waals surface area contributed by atoms with Crippen molar-refractivity contribution < 1.29 is 9.47 Å². The molecule has 0 radical (unpaired) electrons. The van der Waals surface area contributed by atoms with Crippen LogP contribution in [-0.4, -0.2) is 24.7 Å². The fraction of sp³-hybridized carbons (Fsp3) is 0.400. The lowest BCUT2D eigenvalue weighted by molar-refractivity contribution is 0.171. The molecule has 1 aliphatic rings. The van der Waals surface area contributed by atoms with Crippen molar-refractivity contribution in [2.45, 2.75) is 19.9 Å². The van der Waals surface area contributed by atoms with Gasteiger partial charge in [0.2, 0.25) is 0 Å². The first-order valence-corrected chi connectivity index (χ1v) is 7.71. The summed E-state index contributed by atoms with van der Waals surface area (Å²) in [6.07, 6.45) is 0. The zero-order chi connectivity index (χ0) is 13.9. The molecule has 1 N–H and O–H groups in total. The molecule has 1 aromatic carbocycles. The molecule has 4 nitrogen and oxygen atoms in total. The largest absolute Gasteiger partial charge is 0.486 e. The highest BCUT2D eigenvalue weighted by Gasteiger charge is 2.19. The Kier molecular flexibility index (Phi) is 3.89. The van der Waals surface area contributed by atoms with Crippen LogP contribution in [-0.2, 0) is 0 Å². The van der Waals surface area contributed by atoms with Crippen LogP contribution in [0.2, 0.25) is 0 Å². The van der Waals surface area contributed by atoms with Crippen molar-refractivity contribution >= 4 is 11.3 Å². The summed E-state index contributed by atoms with van der Waals surface area (Å²) in [5, 5.41) is 6.68. The molecule has 0 bridgehead atoms. The first-order valence-electron chi connectivity index (χ1n) is 6.83. The second-order valence-electron chi connectivity index (χ2n) is 4.69. The van der Waals surface area contributed by atoms with Gasteiger partial charge in [0.25, 0.3) is 0 Å². The Hall–Kier alpha value is -1.59. The van der Waals surface area contributed by atoms with E-state index in [4.69, 9.17) is 9.47 Å². The summed E-state index contributed by atoms with van der Waals surface area (Å²) in [4.78, 5) is 4.60. The Morgan fingerprint density at radius 2 is 2.10 bits per heavy atom. The first kappa shape index (κ1) is 13.4. The Morgan fingerprint density at radius 3 is 2.80 bits per heavy atom. The Morgan fingerprint density at radius 1 is 1.30 bits per heavy atom. The Bertz CT molecular complexity index is 597. The van der Waals surface area contributed by atoms with Crippen LogP contribution >= 0.6 is 11.3 Å². The van der Waals surface area contributed by atoms with Crippen molar-refractivity contribution in [3.63, 3.8) is 0 Å². The molecule has 0 spiro atoms. The van der Waals surface area contributed by atoms with Gasteiger partial charge in [-0.1, -0.05) is 13.0 Å². The molecule has 1 aromatic heterocycles. The van der Waals surface area contributed by atoms with Gasteiger partial charge < -0.3 is 14.8 Å². The molecule has 2 aromatic rings. The molecule has 0 saturated heterocycles. The molecule has 1 atom stereocenters. The second-order valence-corrected chi connectivity index (χ2v) is 5.75. The lowest BCUT2D eigenvalue weighted by Crippen LogP contribution is -2.23. The van der Waals surface area contributed by atoms with E-state index >= 15 is 0 Å². The topological polar surface area (TPSA) is 43.4 Å². The Balaban J connectivity index is 1.95. The molecule has 0 fully saturated rings. The number of aromatic nitrogens is 1. The summed E-state index contributed by atoms with van der Waals surface area (Å²) in [6.45, 7) is 6.24. The third-order valence-electron chi connectivity index (χ3n) is 3.24. The maximum Gasteiger partial charge on any atom is 0.161 e. The van der Waals surface area contributed by atoms with Gasteiger partial charge in [0, 0.05) is 5.38 Å². The molecular weight excluding hydrogens is 272 g/mol. The first-order chi connectivity index (χ1) is 9.78. The average molecular weight is 290 g/mol. The van der Waals surface area contributed by atoms with Gasteiger partial charge in [-0.3, -0.25) is 0 Å². The minimum atomic E-state index is 0.0979. The molecule has 0 aliphatic carbocycles. The fourth-order valence-corrected chi connectivity index (χ4v) is 2.99.